The van der Waals surface area contributed by atoms with Crippen molar-refractivity contribution in [2.45, 2.75) is 45.8 Å². The number of hydrogen-bond acceptors (Lipinski definition) is 5. The molecule has 0 aromatic carbocycles. The SMILES string of the molecule is CCC(O)CNC(=O)Cc1c(C)c2c(oc1=O)C=CC1C(C)=COC21. The van der Waals surface area contributed by atoms with Crippen LogP contribution in [0.2, 0.25) is 0 Å². The zero-order valence-electron chi connectivity index (χ0n) is 14.7. The second-order valence-electron chi connectivity index (χ2n) is 6.62. The molecular formula is C19H23NO5. The van der Waals surface area contributed by atoms with Crippen LogP contribution in [0.25, 0.3) is 6.08 Å². The van der Waals surface area contributed by atoms with Crippen LogP contribution < -0.4 is 10.9 Å². The third-order valence-corrected chi connectivity index (χ3v) is 4.91. The maximum atomic E-state index is 12.3. The van der Waals surface area contributed by atoms with Crippen LogP contribution in [0.4, 0.5) is 0 Å². The number of carbonyl (C=O) groups is 1. The highest BCUT2D eigenvalue weighted by atomic mass is 16.5. The Morgan fingerprint density at radius 2 is 2.16 bits per heavy atom. The van der Waals surface area contributed by atoms with Gasteiger partial charge in [-0.25, -0.2) is 4.79 Å². The van der Waals surface area contributed by atoms with E-state index in [9.17, 15) is 14.7 Å². The molecule has 3 unspecified atom stereocenters. The van der Waals surface area contributed by atoms with Crippen LogP contribution in [0.3, 0.4) is 0 Å². The molecule has 1 aliphatic carbocycles. The largest absolute Gasteiger partial charge is 0.492 e. The normalized spacial score (nSPS) is 21.8. The molecule has 3 atom stereocenters. The van der Waals surface area contributed by atoms with Gasteiger partial charge in [0.25, 0.3) is 0 Å². The third-order valence-electron chi connectivity index (χ3n) is 4.91. The summed E-state index contributed by atoms with van der Waals surface area (Å²) in [5.74, 6) is 0.310. The molecule has 3 rings (SSSR count). The molecule has 0 saturated carbocycles. The molecule has 134 valence electrons. The highest BCUT2D eigenvalue weighted by molar-refractivity contribution is 5.79. The Hall–Kier alpha value is -2.34. The fourth-order valence-electron chi connectivity index (χ4n) is 3.27. The van der Waals surface area contributed by atoms with Crippen molar-refractivity contribution in [3.63, 3.8) is 0 Å². The summed E-state index contributed by atoms with van der Waals surface area (Å²) in [6, 6.07) is 0. The van der Waals surface area contributed by atoms with Gasteiger partial charge in [0.05, 0.1) is 24.4 Å². The van der Waals surface area contributed by atoms with E-state index in [2.05, 4.69) is 5.32 Å². The summed E-state index contributed by atoms with van der Waals surface area (Å²) < 4.78 is 11.2. The summed E-state index contributed by atoms with van der Waals surface area (Å²) in [5, 5.41) is 12.2. The van der Waals surface area contributed by atoms with Crippen LogP contribution in [0.1, 0.15) is 48.8 Å². The summed E-state index contributed by atoms with van der Waals surface area (Å²) in [7, 11) is 0. The number of nitrogens with one attached hydrogen (secondary N) is 1. The molecule has 6 heteroatoms. The van der Waals surface area contributed by atoms with Gasteiger partial charge in [-0.15, -0.1) is 0 Å². The molecule has 2 N–H and O–H groups in total. The van der Waals surface area contributed by atoms with Crippen LogP contribution >= 0.6 is 0 Å². The van der Waals surface area contributed by atoms with E-state index in [1.54, 1.807) is 12.3 Å². The molecule has 0 saturated heterocycles. The van der Waals surface area contributed by atoms with E-state index >= 15 is 0 Å². The second-order valence-corrected chi connectivity index (χ2v) is 6.62. The fourth-order valence-corrected chi connectivity index (χ4v) is 3.27. The number of fused-ring (bicyclic) bond motifs is 3. The smallest absolute Gasteiger partial charge is 0.340 e. The number of aliphatic hydroxyl groups is 1. The fraction of sp³-hybridized carbons (Fsp3) is 0.474. The lowest BCUT2D eigenvalue weighted by atomic mass is 9.84. The summed E-state index contributed by atoms with van der Waals surface area (Å²) in [4.78, 5) is 24.4. The first-order chi connectivity index (χ1) is 11.9. The Bertz CT molecular complexity index is 805. The van der Waals surface area contributed by atoms with Crippen LogP contribution in [0.5, 0.6) is 0 Å². The van der Waals surface area contributed by atoms with Gasteiger partial charge in [0.2, 0.25) is 5.91 Å². The van der Waals surface area contributed by atoms with Crippen molar-refractivity contribution < 1.29 is 19.1 Å². The van der Waals surface area contributed by atoms with Gasteiger partial charge in [0.1, 0.15) is 11.9 Å². The third kappa shape index (κ3) is 3.26. The van der Waals surface area contributed by atoms with Crippen molar-refractivity contribution >= 4 is 12.0 Å². The van der Waals surface area contributed by atoms with E-state index in [1.165, 1.54) is 0 Å². The van der Waals surface area contributed by atoms with E-state index in [1.807, 2.05) is 26.8 Å². The quantitative estimate of drug-likeness (QED) is 0.852. The first-order valence-electron chi connectivity index (χ1n) is 8.54. The van der Waals surface area contributed by atoms with Crippen LogP contribution in [-0.2, 0) is 16.0 Å². The Morgan fingerprint density at radius 3 is 2.88 bits per heavy atom. The van der Waals surface area contributed by atoms with Crippen molar-refractivity contribution in [2.75, 3.05) is 6.54 Å². The molecule has 2 heterocycles. The van der Waals surface area contributed by atoms with E-state index < -0.39 is 11.7 Å². The Morgan fingerprint density at radius 1 is 1.40 bits per heavy atom. The predicted molar refractivity (Wildman–Crippen MR) is 92.8 cm³/mol. The molecule has 2 aliphatic rings. The van der Waals surface area contributed by atoms with E-state index in [-0.39, 0.29) is 30.9 Å². The van der Waals surface area contributed by atoms with Gasteiger partial charge in [-0.1, -0.05) is 13.0 Å². The van der Waals surface area contributed by atoms with E-state index in [4.69, 9.17) is 9.15 Å². The zero-order chi connectivity index (χ0) is 18.1. The Kier molecular flexibility index (Phi) is 4.81. The van der Waals surface area contributed by atoms with Crippen molar-refractivity contribution in [1.29, 1.82) is 0 Å². The van der Waals surface area contributed by atoms with Crippen molar-refractivity contribution in [3.05, 3.63) is 50.8 Å². The first kappa shape index (κ1) is 17.5. The van der Waals surface area contributed by atoms with Crippen LogP contribution in [0.15, 0.2) is 27.1 Å². The van der Waals surface area contributed by atoms with Gasteiger partial charge in [0.15, 0.2) is 0 Å². The number of carbonyl (C=O) groups excluding carboxylic acids is 1. The highest BCUT2D eigenvalue weighted by Gasteiger charge is 2.36. The number of ether oxygens (including phenoxy) is 1. The van der Waals surface area contributed by atoms with E-state index in [0.29, 0.717) is 17.7 Å². The van der Waals surface area contributed by atoms with Gasteiger partial charge >= 0.3 is 5.63 Å². The average molecular weight is 345 g/mol. The van der Waals surface area contributed by atoms with Crippen LogP contribution in [-0.4, -0.2) is 23.7 Å². The molecule has 0 fully saturated rings. The highest BCUT2D eigenvalue weighted by Crippen LogP contribution is 2.44. The summed E-state index contributed by atoms with van der Waals surface area (Å²) in [5.41, 5.74) is 2.51. The molecule has 0 spiro atoms. The lowest BCUT2D eigenvalue weighted by Gasteiger charge is -2.25. The van der Waals surface area contributed by atoms with Crippen LogP contribution in [0, 0.1) is 12.8 Å². The topological polar surface area (TPSA) is 88.8 Å². The maximum absolute atomic E-state index is 12.3. The van der Waals surface area contributed by atoms with E-state index in [0.717, 1.165) is 16.7 Å². The predicted octanol–water partition coefficient (Wildman–Crippen LogP) is 2.00. The standard InChI is InChI=1S/C19H23NO5/c1-4-12(21)8-20-16(22)7-14-11(3)17-15(25-19(14)23)6-5-13-10(2)9-24-18(13)17/h5-6,9,12-13,18,21H,4,7-8H2,1-3H3,(H,20,22). The number of rotatable bonds is 5. The average Bonchev–Trinajstić information content (AvgIpc) is 2.97. The lowest BCUT2D eigenvalue weighted by Crippen LogP contribution is -2.34. The minimum atomic E-state index is -0.586. The summed E-state index contributed by atoms with van der Waals surface area (Å²) in [6.45, 7) is 5.83. The molecular weight excluding hydrogens is 322 g/mol. The van der Waals surface area contributed by atoms with Crippen molar-refractivity contribution in [1.82, 2.24) is 5.32 Å². The molecule has 1 aliphatic heterocycles. The molecule has 1 amide bonds. The second kappa shape index (κ2) is 6.88. The van der Waals surface area contributed by atoms with Gasteiger partial charge in [-0.05, 0) is 37.5 Å². The zero-order valence-corrected chi connectivity index (χ0v) is 14.7. The van der Waals surface area contributed by atoms with Gasteiger partial charge in [0, 0.05) is 18.0 Å². The Balaban J connectivity index is 1.87. The minimum Gasteiger partial charge on any atom is -0.492 e. The van der Waals surface area contributed by atoms with Gasteiger partial charge in [-0.2, -0.15) is 0 Å². The monoisotopic (exact) mass is 345 g/mol. The summed E-state index contributed by atoms with van der Waals surface area (Å²) in [6.07, 6.45) is 5.19. The Labute approximate surface area is 146 Å². The first-order valence-corrected chi connectivity index (χ1v) is 8.54. The number of aliphatic hydroxyl groups excluding tert-OH is 1. The molecule has 0 radical (unpaired) electrons. The molecule has 6 nitrogen and oxygen atoms in total. The maximum Gasteiger partial charge on any atom is 0.340 e. The minimum absolute atomic E-state index is 0.0780. The van der Waals surface area contributed by atoms with Crippen molar-refractivity contribution in [3.8, 4) is 0 Å². The molecule has 1 aromatic heterocycles. The molecule has 1 aromatic rings. The van der Waals surface area contributed by atoms with Gasteiger partial charge in [-0.3, -0.25) is 4.79 Å². The molecule has 25 heavy (non-hydrogen) atoms. The summed E-state index contributed by atoms with van der Waals surface area (Å²) >= 11 is 0. The van der Waals surface area contributed by atoms with Gasteiger partial charge < -0.3 is 19.6 Å². The molecule has 0 bridgehead atoms. The van der Waals surface area contributed by atoms with Crippen molar-refractivity contribution in [2.24, 2.45) is 5.92 Å². The number of amides is 1. The lowest BCUT2D eigenvalue weighted by molar-refractivity contribution is -0.120. The number of hydrogen-bond donors (Lipinski definition) is 2.